The van der Waals surface area contributed by atoms with E-state index in [4.69, 9.17) is 4.42 Å². The molecule has 0 bridgehead atoms. The number of rotatable bonds is 6. The molecule has 11 aromatic rings. The fraction of sp³-hybridized carbons (Fsp3) is 0.0323. The smallest absolute Gasteiger partial charge is 0.140 e. The maximum absolute atomic E-state index is 6.99. The molecule has 306 valence electrons. The summed E-state index contributed by atoms with van der Waals surface area (Å²) < 4.78 is 6.99. The van der Waals surface area contributed by atoms with Crippen LogP contribution in [0.5, 0.6) is 0 Å². The van der Waals surface area contributed by atoms with Gasteiger partial charge in [-0.25, -0.2) is 0 Å². The third kappa shape index (κ3) is 5.24. The first kappa shape index (κ1) is 37.2. The van der Waals surface area contributed by atoms with E-state index in [9.17, 15) is 0 Å². The Balaban J connectivity index is 1.07. The molecule has 0 fully saturated rings. The molecule has 3 heterocycles. The summed E-state index contributed by atoms with van der Waals surface area (Å²) in [5.74, 6) is 0. The van der Waals surface area contributed by atoms with Gasteiger partial charge in [0.1, 0.15) is 11.2 Å². The van der Waals surface area contributed by atoms with Gasteiger partial charge in [-0.1, -0.05) is 200 Å². The molecule has 0 unspecified atom stereocenters. The van der Waals surface area contributed by atoms with E-state index in [1.54, 1.807) is 0 Å². The maximum atomic E-state index is 6.99. The molecule has 0 saturated carbocycles. The van der Waals surface area contributed by atoms with Crippen LogP contribution in [0.25, 0.3) is 21.9 Å². The van der Waals surface area contributed by atoms with Crippen LogP contribution in [0.4, 0.5) is 34.1 Å². The quantitative estimate of drug-likeness (QED) is 0.166. The lowest BCUT2D eigenvalue weighted by Crippen LogP contribution is -2.38. The van der Waals surface area contributed by atoms with Crippen molar-refractivity contribution in [1.82, 2.24) is 0 Å². The number of para-hydroxylation sites is 7. The van der Waals surface area contributed by atoms with E-state index in [1.165, 1.54) is 33.4 Å². The van der Waals surface area contributed by atoms with Crippen molar-refractivity contribution in [1.29, 1.82) is 0 Å². The molecule has 2 aliphatic rings. The molecule has 1 aromatic heterocycles. The zero-order valence-corrected chi connectivity index (χ0v) is 35.6. The summed E-state index contributed by atoms with van der Waals surface area (Å²) in [6, 6.07) is 93.1. The van der Waals surface area contributed by atoms with Gasteiger partial charge in [0.25, 0.3) is 0 Å². The fourth-order valence-corrected chi connectivity index (χ4v) is 11.5. The van der Waals surface area contributed by atoms with Crippen LogP contribution in [0.15, 0.2) is 259 Å². The van der Waals surface area contributed by atoms with Gasteiger partial charge in [-0.15, -0.1) is 0 Å². The van der Waals surface area contributed by atoms with Gasteiger partial charge in [0.15, 0.2) is 0 Å². The lowest BCUT2D eigenvalue weighted by atomic mass is 9.62. The Bertz CT molecular complexity index is 3420. The number of anilines is 6. The van der Waals surface area contributed by atoms with Crippen LogP contribution in [0.1, 0.15) is 44.5 Å². The van der Waals surface area contributed by atoms with E-state index in [0.29, 0.717) is 0 Å². The van der Waals surface area contributed by atoms with E-state index >= 15 is 0 Å². The van der Waals surface area contributed by atoms with Gasteiger partial charge in [-0.05, 0) is 93.5 Å². The standard InChI is InChI=1S/C62H42N2O/c1-4-21-43(22-5-1)61(44-23-6-2-7-24-44)50-29-11-15-34-55(50)64(56-35-16-12-30-51(56)61)47-41-39-45(40-42-47)62(54-33-20-28-49-48-27-10-19-38-59(48)65-60(49)54)52-31-13-17-36-57(52)63(46-25-8-3-9-26-46)58-37-18-14-32-53(58)62/h1-42H. The first-order valence-corrected chi connectivity index (χ1v) is 22.4. The molecule has 0 N–H and O–H groups in total. The fourth-order valence-electron chi connectivity index (χ4n) is 11.5. The van der Waals surface area contributed by atoms with Crippen molar-refractivity contribution in [2.75, 3.05) is 9.80 Å². The van der Waals surface area contributed by atoms with Crippen molar-refractivity contribution in [3.63, 3.8) is 0 Å². The second kappa shape index (κ2) is 14.6. The summed E-state index contributed by atoms with van der Waals surface area (Å²) in [6.45, 7) is 0. The van der Waals surface area contributed by atoms with Gasteiger partial charge in [-0.3, -0.25) is 0 Å². The molecule has 10 aromatic carbocycles. The van der Waals surface area contributed by atoms with E-state index in [1.807, 2.05) is 0 Å². The Morgan fingerprint density at radius 3 is 1.15 bits per heavy atom. The molecule has 0 amide bonds. The molecule has 3 heteroatoms. The van der Waals surface area contributed by atoms with Crippen molar-refractivity contribution in [3.8, 4) is 0 Å². The zero-order chi connectivity index (χ0) is 43.0. The highest BCUT2D eigenvalue weighted by Gasteiger charge is 2.49. The third-order valence-electron chi connectivity index (χ3n) is 14.0. The average molecular weight is 831 g/mol. The Labute approximate surface area is 378 Å². The Morgan fingerprint density at radius 2 is 0.631 bits per heavy atom. The van der Waals surface area contributed by atoms with Crippen molar-refractivity contribution in [3.05, 3.63) is 299 Å². The Hall–Kier alpha value is -8.40. The van der Waals surface area contributed by atoms with Gasteiger partial charge >= 0.3 is 0 Å². The summed E-state index contributed by atoms with van der Waals surface area (Å²) in [4.78, 5) is 4.88. The Kier molecular flexibility index (Phi) is 8.34. The number of hydrogen-bond donors (Lipinski definition) is 0. The van der Waals surface area contributed by atoms with Crippen molar-refractivity contribution in [2.45, 2.75) is 10.8 Å². The maximum Gasteiger partial charge on any atom is 0.140 e. The van der Waals surface area contributed by atoms with E-state index in [-0.39, 0.29) is 0 Å². The molecular formula is C62H42N2O. The van der Waals surface area contributed by atoms with Gasteiger partial charge in [0, 0.05) is 27.7 Å². The summed E-state index contributed by atoms with van der Waals surface area (Å²) in [5.41, 5.74) is 16.8. The van der Waals surface area contributed by atoms with Crippen LogP contribution >= 0.6 is 0 Å². The molecule has 0 aliphatic carbocycles. The van der Waals surface area contributed by atoms with E-state index in [2.05, 4.69) is 265 Å². The van der Waals surface area contributed by atoms with Crippen LogP contribution in [-0.4, -0.2) is 0 Å². The molecule has 0 spiro atoms. The third-order valence-corrected chi connectivity index (χ3v) is 14.0. The van der Waals surface area contributed by atoms with Crippen LogP contribution in [0, 0.1) is 0 Å². The molecule has 65 heavy (non-hydrogen) atoms. The van der Waals surface area contributed by atoms with Gasteiger partial charge in [0.05, 0.1) is 33.6 Å². The highest BCUT2D eigenvalue weighted by Crippen LogP contribution is 2.61. The second-order valence-corrected chi connectivity index (χ2v) is 17.1. The minimum Gasteiger partial charge on any atom is -0.456 e. The predicted molar refractivity (Wildman–Crippen MR) is 267 cm³/mol. The number of furan rings is 1. The molecule has 13 rings (SSSR count). The predicted octanol–water partition coefficient (Wildman–Crippen LogP) is 15.9. The molecule has 3 nitrogen and oxygen atoms in total. The monoisotopic (exact) mass is 830 g/mol. The summed E-state index contributed by atoms with van der Waals surface area (Å²) >= 11 is 0. The van der Waals surface area contributed by atoms with Gasteiger partial charge in [0.2, 0.25) is 0 Å². The number of benzene rings is 10. The zero-order valence-electron chi connectivity index (χ0n) is 35.6. The SMILES string of the molecule is c1ccc(N2c3ccccc3C(c3ccc(N4c5ccccc5C(c5ccccc5)(c5ccccc5)c5ccccc54)cc3)(c3cccc4c3oc3ccccc34)c3ccccc32)cc1. The van der Waals surface area contributed by atoms with Crippen LogP contribution in [-0.2, 0) is 10.8 Å². The molecule has 0 radical (unpaired) electrons. The molecular weight excluding hydrogens is 789 g/mol. The normalized spacial score (nSPS) is 14.3. The summed E-state index contributed by atoms with van der Waals surface area (Å²) in [6.07, 6.45) is 0. The first-order valence-electron chi connectivity index (χ1n) is 22.4. The molecule has 0 atom stereocenters. The van der Waals surface area contributed by atoms with Gasteiger partial charge in [-0.2, -0.15) is 0 Å². The van der Waals surface area contributed by atoms with Crippen molar-refractivity contribution < 1.29 is 4.42 Å². The average Bonchev–Trinajstić information content (AvgIpc) is 3.77. The van der Waals surface area contributed by atoms with Crippen molar-refractivity contribution in [2.24, 2.45) is 0 Å². The van der Waals surface area contributed by atoms with E-state index < -0.39 is 10.8 Å². The number of fused-ring (bicyclic) bond motifs is 7. The summed E-state index contributed by atoms with van der Waals surface area (Å²) in [7, 11) is 0. The largest absolute Gasteiger partial charge is 0.456 e. The molecule has 0 saturated heterocycles. The van der Waals surface area contributed by atoms with Crippen LogP contribution in [0.3, 0.4) is 0 Å². The molecule has 2 aliphatic heterocycles. The number of hydrogen-bond acceptors (Lipinski definition) is 3. The van der Waals surface area contributed by atoms with Crippen LogP contribution < -0.4 is 9.80 Å². The minimum absolute atomic E-state index is 0.540. The van der Waals surface area contributed by atoms with E-state index in [0.717, 1.165) is 67.2 Å². The highest BCUT2D eigenvalue weighted by molar-refractivity contribution is 6.07. The topological polar surface area (TPSA) is 19.6 Å². The van der Waals surface area contributed by atoms with Crippen LogP contribution in [0.2, 0.25) is 0 Å². The minimum atomic E-state index is -0.766. The van der Waals surface area contributed by atoms with Crippen molar-refractivity contribution >= 4 is 56.1 Å². The Morgan fingerprint density at radius 1 is 0.262 bits per heavy atom. The van der Waals surface area contributed by atoms with Gasteiger partial charge < -0.3 is 14.2 Å². The lowest BCUT2D eigenvalue weighted by molar-refractivity contribution is 0.643. The first-order chi connectivity index (χ1) is 32.3. The highest BCUT2D eigenvalue weighted by atomic mass is 16.3. The second-order valence-electron chi connectivity index (χ2n) is 17.1. The number of nitrogens with zero attached hydrogens (tertiary/aromatic N) is 2. The summed E-state index contributed by atoms with van der Waals surface area (Å²) in [5, 5.41) is 2.22. The lowest BCUT2D eigenvalue weighted by Gasteiger charge is -2.47.